The Morgan fingerprint density at radius 3 is 2.53 bits per heavy atom. The summed E-state index contributed by atoms with van der Waals surface area (Å²) in [4.78, 5) is 11.5. The summed E-state index contributed by atoms with van der Waals surface area (Å²) < 4.78 is 3.43. The second-order valence-corrected chi connectivity index (χ2v) is 4.95. The van der Waals surface area contributed by atoms with E-state index in [2.05, 4.69) is 42.1 Å². The van der Waals surface area contributed by atoms with E-state index in [9.17, 15) is 4.79 Å². The summed E-state index contributed by atoms with van der Waals surface area (Å²) in [5.74, 6) is 0. The maximum Gasteiger partial charge on any atom is 0.347 e. The number of aromatic amines is 2. The highest BCUT2D eigenvalue weighted by molar-refractivity contribution is 9.11. The first-order valence-corrected chi connectivity index (χ1v) is 5.94. The quantitative estimate of drug-likeness (QED) is 0.777. The highest BCUT2D eigenvalue weighted by atomic mass is 79.9. The minimum Gasteiger partial charge on any atom is -0.272 e. The van der Waals surface area contributed by atoms with Gasteiger partial charge in [-0.1, -0.05) is 15.9 Å². The maximum absolute atomic E-state index is 11.5. The zero-order valence-electron chi connectivity index (χ0n) is 7.25. The van der Waals surface area contributed by atoms with Gasteiger partial charge >= 0.3 is 5.69 Å². The third-order valence-electron chi connectivity index (χ3n) is 1.83. The van der Waals surface area contributed by atoms with Crippen molar-refractivity contribution in [1.29, 1.82) is 0 Å². The van der Waals surface area contributed by atoms with Crippen molar-refractivity contribution >= 4 is 44.1 Å². The molecule has 7 heteroatoms. The van der Waals surface area contributed by atoms with Crippen LogP contribution in [0.1, 0.15) is 0 Å². The molecule has 0 saturated heterocycles. The maximum atomic E-state index is 11.5. The van der Waals surface area contributed by atoms with Gasteiger partial charge in [-0.15, -0.1) is 0 Å². The van der Waals surface area contributed by atoms with Gasteiger partial charge in [0, 0.05) is 8.95 Å². The number of halogens is 2. The molecule has 0 aliphatic rings. The standard InChI is InChI=1S/C8H5Br2N3OS/c9-4-1-2-6(5(10)3-4)13-7(14)11-12-8(13)15/h1-3H,(H,11,14)(H,12,15). The molecule has 78 valence electrons. The first-order valence-electron chi connectivity index (χ1n) is 3.95. The summed E-state index contributed by atoms with van der Waals surface area (Å²) in [6.07, 6.45) is 0. The number of nitrogens with one attached hydrogen (secondary N) is 2. The first kappa shape index (κ1) is 10.8. The predicted octanol–water partition coefficient (Wildman–Crippen LogP) is 2.75. The lowest BCUT2D eigenvalue weighted by Gasteiger charge is -2.03. The summed E-state index contributed by atoms with van der Waals surface area (Å²) in [5.41, 5.74) is 0.411. The molecule has 0 spiro atoms. The van der Waals surface area contributed by atoms with E-state index in [1.807, 2.05) is 12.1 Å². The molecule has 0 amide bonds. The molecule has 0 atom stereocenters. The highest BCUT2D eigenvalue weighted by Gasteiger charge is 2.07. The van der Waals surface area contributed by atoms with Crippen LogP contribution in [-0.4, -0.2) is 14.8 Å². The molecule has 1 heterocycles. The Morgan fingerprint density at radius 1 is 1.27 bits per heavy atom. The van der Waals surface area contributed by atoms with E-state index in [1.165, 1.54) is 4.57 Å². The van der Waals surface area contributed by atoms with Crippen molar-refractivity contribution in [2.24, 2.45) is 0 Å². The molecule has 1 aromatic carbocycles. The van der Waals surface area contributed by atoms with Gasteiger partial charge in [-0.2, -0.15) is 0 Å². The Hall–Kier alpha value is -0.660. The lowest BCUT2D eigenvalue weighted by molar-refractivity contribution is 0.969. The fraction of sp³-hybridized carbons (Fsp3) is 0. The van der Waals surface area contributed by atoms with Gasteiger partial charge in [0.2, 0.25) is 4.77 Å². The van der Waals surface area contributed by atoms with Crippen molar-refractivity contribution in [2.75, 3.05) is 0 Å². The lowest BCUT2D eigenvalue weighted by Crippen LogP contribution is -2.15. The van der Waals surface area contributed by atoms with Gasteiger partial charge in [0.25, 0.3) is 0 Å². The number of aromatic nitrogens is 3. The van der Waals surface area contributed by atoms with Crippen LogP contribution in [0.3, 0.4) is 0 Å². The average Bonchev–Trinajstić information content (AvgIpc) is 2.48. The third-order valence-corrected chi connectivity index (χ3v) is 3.25. The molecule has 0 aliphatic carbocycles. The molecule has 4 nitrogen and oxygen atoms in total. The van der Waals surface area contributed by atoms with Gasteiger partial charge in [-0.25, -0.2) is 14.5 Å². The second kappa shape index (κ2) is 4.07. The first-order chi connectivity index (χ1) is 7.09. The van der Waals surface area contributed by atoms with Crippen LogP contribution in [0, 0.1) is 4.77 Å². The Bertz CT molecular complexity index is 585. The van der Waals surface area contributed by atoms with Gasteiger partial charge in [0.05, 0.1) is 5.69 Å². The van der Waals surface area contributed by atoms with E-state index < -0.39 is 0 Å². The van der Waals surface area contributed by atoms with Crippen molar-refractivity contribution < 1.29 is 0 Å². The lowest BCUT2D eigenvalue weighted by atomic mass is 10.3. The Morgan fingerprint density at radius 2 is 2.00 bits per heavy atom. The number of rotatable bonds is 1. The van der Waals surface area contributed by atoms with Gasteiger partial charge < -0.3 is 0 Å². The number of nitrogens with zero attached hydrogens (tertiary/aromatic N) is 1. The van der Waals surface area contributed by atoms with Gasteiger partial charge in [0.15, 0.2) is 0 Å². The predicted molar refractivity (Wildman–Crippen MR) is 67.0 cm³/mol. The topological polar surface area (TPSA) is 53.6 Å². The molecular weight excluding hydrogens is 346 g/mol. The summed E-state index contributed by atoms with van der Waals surface area (Å²) in [6.45, 7) is 0. The Kier molecular flexibility index (Phi) is 2.94. The van der Waals surface area contributed by atoms with Crippen LogP contribution in [0.15, 0.2) is 31.9 Å². The number of hydrogen-bond donors (Lipinski definition) is 2. The zero-order valence-corrected chi connectivity index (χ0v) is 11.2. The highest BCUT2D eigenvalue weighted by Crippen LogP contribution is 2.24. The minimum atomic E-state index is -0.289. The molecule has 0 fully saturated rings. The summed E-state index contributed by atoms with van der Waals surface area (Å²) in [7, 11) is 0. The number of H-pyrrole nitrogens is 2. The molecule has 15 heavy (non-hydrogen) atoms. The summed E-state index contributed by atoms with van der Waals surface area (Å²) in [5, 5.41) is 5.01. The normalized spacial score (nSPS) is 10.5. The van der Waals surface area contributed by atoms with E-state index in [1.54, 1.807) is 6.07 Å². The van der Waals surface area contributed by atoms with E-state index >= 15 is 0 Å². The van der Waals surface area contributed by atoms with Gasteiger partial charge in [-0.3, -0.25) is 5.10 Å². The molecule has 2 aromatic rings. The van der Waals surface area contributed by atoms with Gasteiger partial charge in [-0.05, 0) is 46.3 Å². The molecule has 2 rings (SSSR count). The number of benzene rings is 1. The van der Waals surface area contributed by atoms with Crippen LogP contribution >= 0.6 is 44.1 Å². The second-order valence-electron chi connectivity index (χ2n) is 2.79. The summed E-state index contributed by atoms with van der Waals surface area (Å²) in [6, 6.07) is 5.49. The monoisotopic (exact) mass is 349 g/mol. The fourth-order valence-corrected chi connectivity index (χ4v) is 2.65. The molecule has 0 saturated carbocycles. The molecular formula is C8H5Br2N3OS. The van der Waals surface area contributed by atoms with Crippen LogP contribution in [0.5, 0.6) is 0 Å². The SMILES string of the molecule is O=c1[nH][nH]c(=S)n1-c1ccc(Br)cc1Br. The number of hydrogen-bond acceptors (Lipinski definition) is 2. The van der Waals surface area contributed by atoms with Crippen LogP contribution in [0.2, 0.25) is 0 Å². The van der Waals surface area contributed by atoms with Crippen LogP contribution in [0.4, 0.5) is 0 Å². The molecule has 0 unspecified atom stereocenters. The zero-order chi connectivity index (χ0) is 11.0. The third kappa shape index (κ3) is 1.99. The molecule has 2 N–H and O–H groups in total. The smallest absolute Gasteiger partial charge is 0.272 e. The van der Waals surface area contributed by atoms with Gasteiger partial charge in [0.1, 0.15) is 0 Å². The van der Waals surface area contributed by atoms with E-state index in [4.69, 9.17) is 12.2 Å². The van der Waals surface area contributed by atoms with Crippen molar-refractivity contribution in [3.05, 3.63) is 42.4 Å². The van der Waals surface area contributed by atoms with Crippen molar-refractivity contribution in [2.45, 2.75) is 0 Å². The molecule has 1 aromatic heterocycles. The molecule has 0 radical (unpaired) electrons. The van der Waals surface area contributed by atoms with Crippen molar-refractivity contribution in [1.82, 2.24) is 14.8 Å². The van der Waals surface area contributed by atoms with E-state index in [-0.39, 0.29) is 5.69 Å². The summed E-state index contributed by atoms with van der Waals surface area (Å²) >= 11 is 11.7. The van der Waals surface area contributed by atoms with E-state index in [0.29, 0.717) is 10.5 Å². The van der Waals surface area contributed by atoms with Crippen molar-refractivity contribution in [3.8, 4) is 5.69 Å². The van der Waals surface area contributed by atoms with Crippen molar-refractivity contribution in [3.63, 3.8) is 0 Å². The molecule has 0 bridgehead atoms. The van der Waals surface area contributed by atoms with Crippen LogP contribution in [0.25, 0.3) is 5.69 Å². The largest absolute Gasteiger partial charge is 0.347 e. The van der Waals surface area contributed by atoms with E-state index in [0.717, 1.165) is 8.95 Å². The van der Waals surface area contributed by atoms with Crippen LogP contribution < -0.4 is 5.69 Å². The fourth-order valence-electron chi connectivity index (χ4n) is 1.19. The minimum absolute atomic E-state index is 0.289. The van der Waals surface area contributed by atoms with Crippen LogP contribution in [-0.2, 0) is 0 Å². The average molecular weight is 351 g/mol. The Labute approximate surface area is 107 Å². The molecule has 0 aliphatic heterocycles. The Balaban J connectivity index is 2.75.